The van der Waals surface area contributed by atoms with Gasteiger partial charge in [-0.25, -0.2) is 0 Å². The predicted molar refractivity (Wildman–Crippen MR) is 99.9 cm³/mol. The van der Waals surface area contributed by atoms with Crippen molar-refractivity contribution in [3.05, 3.63) is 58.1 Å². The summed E-state index contributed by atoms with van der Waals surface area (Å²) < 4.78 is 5.38. The molecule has 2 aromatic rings. The minimum absolute atomic E-state index is 0.0519. The number of amides is 1. The minimum atomic E-state index is -0.141. The van der Waals surface area contributed by atoms with Gasteiger partial charge in [-0.3, -0.25) is 9.69 Å². The van der Waals surface area contributed by atoms with Gasteiger partial charge in [0.05, 0.1) is 10.8 Å². The highest BCUT2D eigenvalue weighted by Gasteiger charge is 2.34. The third-order valence-electron chi connectivity index (χ3n) is 3.52. The number of carbonyl (C=O) groups is 1. The van der Waals surface area contributed by atoms with Crippen molar-refractivity contribution in [2.75, 3.05) is 17.3 Å². The number of ether oxygens (including phenoxy) is 1. The van der Waals surface area contributed by atoms with Gasteiger partial charge in [0.25, 0.3) is 0 Å². The van der Waals surface area contributed by atoms with Crippen LogP contribution in [0.1, 0.15) is 10.9 Å². The van der Waals surface area contributed by atoms with Crippen LogP contribution in [0.5, 0.6) is 5.75 Å². The van der Waals surface area contributed by atoms with Gasteiger partial charge in [-0.2, -0.15) is 0 Å². The van der Waals surface area contributed by atoms with Gasteiger partial charge < -0.3 is 4.74 Å². The van der Waals surface area contributed by atoms with Gasteiger partial charge >= 0.3 is 0 Å². The van der Waals surface area contributed by atoms with Crippen LogP contribution < -0.4 is 9.64 Å². The quantitative estimate of drug-likeness (QED) is 0.717. The largest absolute Gasteiger partial charge is 0.479 e. The van der Waals surface area contributed by atoms with Gasteiger partial charge in [0.2, 0.25) is 5.91 Å². The highest BCUT2D eigenvalue weighted by molar-refractivity contribution is 8.00. The lowest BCUT2D eigenvalue weighted by Crippen LogP contribution is -2.27. The minimum Gasteiger partial charge on any atom is -0.479 e. The second kappa shape index (κ2) is 7.40. The van der Waals surface area contributed by atoms with Crippen molar-refractivity contribution >= 4 is 46.6 Å². The normalized spacial score (nSPS) is 17.0. The first kappa shape index (κ1) is 17.0. The van der Waals surface area contributed by atoms with Crippen LogP contribution >= 0.6 is 35.0 Å². The van der Waals surface area contributed by atoms with Crippen LogP contribution in [0, 0.1) is 12.3 Å². The lowest BCUT2D eigenvalue weighted by Gasteiger charge is -2.24. The van der Waals surface area contributed by atoms with Gasteiger partial charge in [-0.05, 0) is 42.0 Å². The maximum absolute atomic E-state index is 12.3. The van der Waals surface area contributed by atoms with E-state index in [4.69, 9.17) is 34.4 Å². The van der Waals surface area contributed by atoms with E-state index < -0.39 is 0 Å². The molecule has 0 aromatic heterocycles. The fraction of sp³-hybridized carbons (Fsp3) is 0.167. The third kappa shape index (κ3) is 3.49. The van der Waals surface area contributed by atoms with Crippen LogP contribution in [0.4, 0.5) is 5.69 Å². The molecule has 0 radical (unpaired) electrons. The zero-order valence-corrected chi connectivity index (χ0v) is 14.9. The van der Waals surface area contributed by atoms with Crippen molar-refractivity contribution in [2.45, 2.75) is 5.37 Å². The number of benzene rings is 2. The number of anilines is 1. The topological polar surface area (TPSA) is 29.5 Å². The molecule has 122 valence electrons. The molecule has 0 aliphatic carbocycles. The van der Waals surface area contributed by atoms with Crippen LogP contribution in [0.3, 0.4) is 0 Å². The molecular formula is C18H13Cl2NO2S. The molecule has 3 nitrogen and oxygen atoms in total. The van der Waals surface area contributed by atoms with E-state index >= 15 is 0 Å². The van der Waals surface area contributed by atoms with Gasteiger partial charge in [0.15, 0.2) is 0 Å². The highest BCUT2D eigenvalue weighted by Crippen LogP contribution is 2.43. The lowest BCUT2D eigenvalue weighted by molar-refractivity contribution is -0.115. The Balaban J connectivity index is 1.90. The monoisotopic (exact) mass is 377 g/mol. The third-order valence-corrected chi connectivity index (χ3v) is 5.28. The molecule has 0 N–H and O–H groups in total. The van der Waals surface area contributed by atoms with E-state index in [2.05, 4.69) is 5.92 Å². The van der Waals surface area contributed by atoms with Crippen molar-refractivity contribution in [2.24, 2.45) is 0 Å². The molecule has 1 fully saturated rings. The smallest absolute Gasteiger partial charge is 0.238 e. The number of rotatable bonds is 4. The average Bonchev–Trinajstić information content (AvgIpc) is 2.96. The van der Waals surface area contributed by atoms with Crippen molar-refractivity contribution in [3.8, 4) is 18.1 Å². The van der Waals surface area contributed by atoms with E-state index in [1.165, 1.54) is 0 Å². The average molecular weight is 378 g/mol. The number of hydrogen-bond donors (Lipinski definition) is 0. The molecule has 1 heterocycles. The molecule has 1 aliphatic rings. The number of terminal acetylenes is 1. The predicted octanol–water partition coefficient (Wildman–Crippen LogP) is 4.78. The van der Waals surface area contributed by atoms with E-state index in [-0.39, 0.29) is 17.9 Å². The molecule has 0 bridgehead atoms. The Hall–Kier alpha value is -1.80. The Morgan fingerprint density at radius 3 is 2.67 bits per heavy atom. The number of halogens is 2. The molecule has 0 unspecified atom stereocenters. The van der Waals surface area contributed by atoms with Gasteiger partial charge in [-0.1, -0.05) is 35.2 Å². The zero-order valence-electron chi connectivity index (χ0n) is 12.5. The Morgan fingerprint density at radius 2 is 2.00 bits per heavy atom. The highest BCUT2D eigenvalue weighted by atomic mass is 35.5. The molecule has 0 saturated carbocycles. The molecule has 3 rings (SSSR count). The Morgan fingerprint density at radius 1 is 1.25 bits per heavy atom. The Labute approximate surface area is 154 Å². The second-order valence-electron chi connectivity index (χ2n) is 5.09. The summed E-state index contributed by atoms with van der Waals surface area (Å²) in [4.78, 5) is 14.1. The van der Waals surface area contributed by atoms with Gasteiger partial charge in [0.1, 0.15) is 17.7 Å². The number of nitrogens with zero attached hydrogens (tertiary/aromatic N) is 1. The molecule has 1 saturated heterocycles. The standard InChI is InChI=1S/C18H13Cl2NO2S/c1-2-9-23-16-8-3-12(10-15(16)20)18-21(17(22)11-24-18)14-6-4-13(19)5-7-14/h1,3-8,10,18H,9,11H2/t18-/m1/s1. The first-order chi connectivity index (χ1) is 11.6. The number of carbonyl (C=O) groups excluding carboxylic acids is 1. The van der Waals surface area contributed by atoms with Crippen LogP contribution in [0.2, 0.25) is 10.0 Å². The Bertz CT molecular complexity index is 802. The molecule has 6 heteroatoms. The van der Waals surface area contributed by atoms with Crippen LogP contribution in [-0.2, 0) is 4.79 Å². The summed E-state index contributed by atoms with van der Waals surface area (Å²) in [6.07, 6.45) is 5.19. The van der Waals surface area contributed by atoms with Crippen LogP contribution in [-0.4, -0.2) is 18.3 Å². The molecular weight excluding hydrogens is 365 g/mol. The van der Waals surface area contributed by atoms with Crippen molar-refractivity contribution in [3.63, 3.8) is 0 Å². The SMILES string of the molecule is C#CCOc1ccc([C@H]2SCC(=O)N2c2ccc(Cl)cc2)cc1Cl. The first-order valence-corrected chi connectivity index (χ1v) is 8.95. The lowest BCUT2D eigenvalue weighted by atomic mass is 10.1. The summed E-state index contributed by atoms with van der Waals surface area (Å²) in [7, 11) is 0. The summed E-state index contributed by atoms with van der Waals surface area (Å²) in [5.41, 5.74) is 1.74. The fourth-order valence-corrected chi connectivity index (χ4v) is 4.00. The number of hydrogen-bond acceptors (Lipinski definition) is 3. The maximum atomic E-state index is 12.3. The first-order valence-electron chi connectivity index (χ1n) is 7.15. The zero-order chi connectivity index (χ0) is 17.1. The maximum Gasteiger partial charge on any atom is 0.238 e. The second-order valence-corrected chi connectivity index (χ2v) is 7.00. The van der Waals surface area contributed by atoms with Gasteiger partial charge in [-0.15, -0.1) is 18.2 Å². The van der Waals surface area contributed by atoms with Crippen molar-refractivity contribution in [1.82, 2.24) is 0 Å². The summed E-state index contributed by atoms with van der Waals surface area (Å²) in [6, 6.07) is 12.7. The molecule has 0 spiro atoms. The summed E-state index contributed by atoms with van der Waals surface area (Å²) in [5, 5.41) is 0.962. The summed E-state index contributed by atoms with van der Waals surface area (Å²) in [6.45, 7) is 0.159. The fourth-order valence-electron chi connectivity index (χ4n) is 2.46. The molecule has 1 atom stereocenters. The van der Waals surface area contributed by atoms with E-state index in [0.29, 0.717) is 21.5 Å². The Kier molecular flexibility index (Phi) is 5.25. The summed E-state index contributed by atoms with van der Waals surface area (Å²) in [5.74, 6) is 3.41. The van der Waals surface area contributed by atoms with Crippen LogP contribution in [0.15, 0.2) is 42.5 Å². The van der Waals surface area contributed by atoms with Crippen LogP contribution in [0.25, 0.3) is 0 Å². The van der Waals surface area contributed by atoms with E-state index in [9.17, 15) is 4.79 Å². The molecule has 1 aliphatic heterocycles. The molecule has 2 aromatic carbocycles. The van der Waals surface area contributed by atoms with Gasteiger partial charge in [0, 0.05) is 10.7 Å². The summed E-state index contributed by atoms with van der Waals surface area (Å²) >= 11 is 13.8. The molecule has 1 amide bonds. The van der Waals surface area contributed by atoms with Crippen molar-refractivity contribution < 1.29 is 9.53 Å². The molecule has 24 heavy (non-hydrogen) atoms. The van der Waals surface area contributed by atoms with E-state index in [1.54, 1.807) is 34.9 Å². The number of thioether (sulfide) groups is 1. The van der Waals surface area contributed by atoms with E-state index in [1.807, 2.05) is 24.3 Å². The van der Waals surface area contributed by atoms with E-state index in [0.717, 1.165) is 11.3 Å². The van der Waals surface area contributed by atoms with Crippen molar-refractivity contribution in [1.29, 1.82) is 0 Å².